The van der Waals surface area contributed by atoms with Gasteiger partial charge in [0.15, 0.2) is 11.5 Å². The molecule has 4 aliphatic rings. The summed E-state index contributed by atoms with van der Waals surface area (Å²) >= 11 is -0.958. The van der Waals surface area contributed by atoms with Crippen LogP contribution in [-0.2, 0) is 16.0 Å². The van der Waals surface area contributed by atoms with Gasteiger partial charge in [0.05, 0.1) is 6.26 Å². The highest BCUT2D eigenvalue weighted by Gasteiger charge is 2.54. The summed E-state index contributed by atoms with van der Waals surface area (Å²) in [6.07, 6.45) is 9.06. The zero-order chi connectivity index (χ0) is 11.3. The van der Waals surface area contributed by atoms with Crippen molar-refractivity contribution in [1.29, 1.82) is 0 Å². The van der Waals surface area contributed by atoms with E-state index < -0.39 is 11.2 Å². The molecule has 0 spiro atoms. The Kier molecular flexibility index (Phi) is 2.59. The molecule has 0 N–H and O–H groups in total. The van der Waals surface area contributed by atoms with E-state index in [2.05, 4.69) is 0 Å². The molecular formula is C13H20O2S. The molecule has 0 aromatic rings. The van der Waals surface area contributed by atoms with Gasteiger partial charge in [0.25, 0.3) is 0 Å². The van der Waals surface area contributed by atoms with Crippen molar-refractivity contribution in [1.82, 2.24) is 0 Å². The third-order valence-electron chi connectivity index (χ3n) is 4.96. The minimum atomic E-state index is -0.958. The monoisotopic (exact) mass is 240 g/mol. The molecule has 0 saturated heterocycles. The van der Waals surface area contributed by atoms with Gasteiger partial charge in [-0.25, -0.2) is 0 Å². The van der Waals surface area contributed by atoms with Crippen molar-refractivity contribution in [2.24, 2.45) is 23.2 Å². The van der Waals surface area contributed by atoms with Crippen LogP contribution >= 0.6 is 0 Å². The van der Waals surface area contributed by atoms with Crippen molar-refractivity contribution in [3.05, 3.63) is 0 Å². The van der Waals surface area contributed by atoms with Crippen molar-refractivity contribution in [2.45, 2.75) is 38.5 Å². The van der Waals surface area contributed by atoms with Crippen LogP contribution in [0.4, 0.5) is 0 Å². The van der Waals surface area contributed by atoms with Gasteiger partial charge < -0.3 is 4.55 Å². The smallest absolute Gasteiger partial charge is 0.187 e. The number of rotatable bonds is 3. The zero-order valence-corrected chi connectivity index (χ0v) is 10.7. The van der Waals surface area contributed by atoms with Gasteiger partial charge in [0, 0.05) is 5.41 Å². The number of carbonyl (C=O) groups is 1. The van der Waals surface area contributed by atoms with Gasteiger partial charge in [-0.1, -0.05) is 0 Å². The van der Waals surface area contributed by atoms with Crippen molar-refractivity contribution in [2.75, 3.05) is 12.0 Å². The fraction of sp³-hybridized carbons (Fsp3) is 0.923. The summed E-state index contributed by atoms with van der Waals surface area (Å²) in [5.41, 5.74) is -0.0413. The van der Waals surface area contributed by atoms with Crippen LogP contribution in [0.3, 0.4) is 0 Å². The summed E-state index contributed by atoms with van der Waals surface area (Å²) in [7, 11) is 0. The highest BCUT2D eigenvalue weighted by molar-refractivity contribution is 7.91. The summed E-state index contributed by atoms with van der Waals surface area (Å²) in [6, 6.07) is 0. The lowest BCUT2D eigenvalue weighted by atomic mass is 9.48. The van der Waals surface area contributed by atoms with E-state index >= 15 is 0 Å². The number of carbonyl (C=O) groups excluding carboxylic acids is 1. The quantitative estimate of drug-likeness (QED) is 0.709. The first-order valence-corrected chi connectivity index (χ1v) is 8.13. The van der Waals surface area contributed by atoms with Crippen molar-refractivity contribution < 1.29 is 9.35 Å². The average Bonchev–Trinajstić information content (AvgIpc) is 2.13. The summed E-state index contributed by atoms with van der Waals surface area (Å²) in [5.74, 6) is 3.03. The molecule has 90 valence electrons. The molecule has 4 fully saturated rings. The number of hydrogen-bond donors (Lipinski definition) is 0. The first-order chi connectivity index (χ1) is 7.57. The second kappa shape index (κ2) is 3.74. The Hall–Kier alpha value is -0.0200. The summed E-state index contributed by atoms with van der Waals surface area (Å²) in [5, 5.41) is 0. The maximum atomic E-state index is 12.3. The standard InChI is InChI=1S/C13H20O2S/c1-16(15)8-12(14)13-5-9-2-10(6-13)4-11(3-9)7-13/h9-11H,2-8H2,1H3. The van der Waals surface area contributed by atoms with Crippen LogP contribution in [0.5, 0.6) is 0 Å². The fourth-order valence-electron chi connectivity index (χ4n) is 4.79. The average molecular weight is 240 g/mol. The largest absolute Gasteiger partial charge is 0.616 e. The molecule has 0 heterocycles. The molecular weight excluding hydrogens is 220 g/mol. The number of ketones is 1. The third-order valence-corrected chi connectivity index (χ3v) is 5.63. The highest BCUT2D eigenvalue weighted by atomic mass is 32.2. The van der Waals surface area contributed by atoms with Crippen LogP contribution in [0.1, 0.15) is 38.5 Å². The van der Waals surface area contributed by atoms with Gasteiger partial charge in [-0.2, -0.15) is 0 Å². The van der Waals surface area contributed by atoms with Crippen LogP contribution in [0, 0.1) is 23.2 Å². The molecule has 4 saturated carbocycles. The lowest BCUT2D eigenvalue weighted by Crippen LogP contribution is -2.51. The minimum Gasteiger partial charge on any atom is -0.616 e. The Bertz CT molecular complexity index is 276. The predicted octanol–water partition coefficient (Wildman–Crippen LogP) is 2.15. The number of hydrogen-bond acceptors (Lipinski definition) is 2. The number of Topliss-reactive ketones (excluding diaryl/α,β-unsaturated/α-hetero) is 1. The van der Waals surface area contributed by atoms with Gasteiger partial charge in [-0.05, 0) is 67.5 Å². The molecule has 16 heavy (non-hydrogen) atoms. The van der Waals surface area contributed by atoms with Gasteiger partial charge in [-0.15, -0.1) is 0 Å². The predicted molar refractivity (Wildman–Crippen MR) is 64.5 cm³/mol. The molecule has 1 unspecified atom stereocenters. The Morgan fingerprint density at radius 2 is 1.62 bits per heavy atom. The second-order valence-corrected chi connectivity index (χ2v) is 7.77. The van der Waals surface area contributed by atoms with E-state index in [4.69, 9.17) is 0 Å². The Balaban J connectivity index is 1.80. The Morgan fingerprint density at radius 3 is 2.00 bits per heavy atom. The molecule has 0 amide bonds. The topological polar surface area (TPSA) is 40.1 Å². The Morgan fingerprint density at radius 1 is 1.19 bits per heavy atom. The van der Waals surface area contributed by atoms with Gasteiger partial charge in [-0.3, -0.25) is 4.79 Å². The Labute approximate surface area is 100 Å². The lowest BCUT2D eigenvalue weighted by molar-refractivity contribution is -0.141. The van der Waals surface area contributed by atoms with Crippen molar-refractivity contribution in [3.8, 4) is 0 Å². The molecule has 0 radical (unpaired) electrons. The zero-order valence-electron chi connectivity index (χ0n) is 9.91. The van der Waals surface area contributed by atoms with Crippen LogP contribution in [-0.4, -0.2) is 22.3 Å². The van der Waals surface area contributed by atoms with Crippen molar-refractivity contribution in [3.63, 3.8) is 0 Å². The van der Waals surface area contributed by atoms with Crippen LogP contribution in [0.25, 0.3) is 0 Å². The molecule has 0 aromatic carbocycles. The van der Waals surface area contributed by atoms with Gasteiger partial charge in [0.1, 0.15) is 0 Å². The molecule has 1 atom stereocenters. The van der Waals surface area contributed by atoms with E-state index in [-0.39, 0.29) is 5.41 Å². The SMILES string of the molecule is C[S+]([O-])CC(=O)C12CC3CC(CC(C3)C1)C2. The molecule has 0 aromatic heterocycles. The van der Waals surface area contributed by atoms with E-state index in [0.29, 0.717) is 11.5 Å². The van der Waals surface area contributed by atoms with Crippen LogP contribution in [0.2, 0.25) is 0 Å². The maximum Gasteiger partial charge on any atom is 0.187 e. The molecule has 4 rings (SSSR count). The van der Waals surface area contributed by atoms with E-state index in [1.807, 2.05) is 0 Å². The van der Waals surface area contributed by atoms with Gasteiger partial charge in [0.2, 0.25) is 0 Å². The summed E-state index contributed by atoms with van der Waals surface area (Å²) in [6.45, 7) is 0. The van der Waals surface area contributed by atoms with E-state index in [9.17, 15) is 9.35 Å². The summed E-state index contributed by atoms with van der Waals surface area (Å²) in [4.78, 5) is 12.3. The second-order valence-electron chi connectivity index (χ2n) is 6.34. The lowest BCUT2D eigenvalue weighted by Gasteiger charge is -2.55. The maximum absolute atomic E-state index is 12.3. The van der Waals surface area contributed by atoms with E-state index in [1.165, 1.54) is 19.3 Å². The van der Waals surface area contributed by atoms with Gasteiger partial charge >= 0.3 is 0 Å². The molecule has 0 aliphatic heterocycles. The van der Waals surface area contributed by atoms with E-state index in [0.717, 1.165) is 37.0 Å². The first kappa shape index (κ1) is 11.1. The van der Waals surface area contributed by atoms with E-state index in [1.54, 1.807) is 6.26 Å². The van der Waals surface area contributed by atoms with Crippen molar-refractivity contribution >= 4 is 17.0 Å². The summed E-state index contributed by atoms with van der Waals surface area (Å²) < 4.78 is 11.2. The normalized spacial score (nSPS) is 47.0. The molecule has 3 heteroatoms. The van der Waals surface area contributed by atoms with Crippen LogP contribution < -0.4 is 0 Å². The molecule has 4 bridgehead atoms. The minimum absolute atomic E-state index is 0.0413. The van der Waals surface area contributed by atoms with Crippen LogP contribution in [0.15, 0.2) is 0 Å². The highest BCUT2D eigenvalue weighted by Crippen LogP contribution is 2.60. The first-order valence-electron chi connectivity index (χ1n) is 6.41. The molecule has 2 nitrogen and oxygen atoms in total. The molecule has 4 aliphatic carbocycles. The fourth-order valence-corrected chi connectivity index (χ4v) is 5.47. The third kappa shape index (κ3) is 1.72.